The molecule has 1 aromatic heterocycles. The highest BCUT2D eigenvalue weighted by Crippen LogP contribution is 2.64. The fraction of sp³-hybridized carbons (Fsp3) is 0.451. The zero-order valence-electron chi connectivity index (χ0n) is 36.1. The molecule has 1 aliphatic heterocycles. The number of nitrogens with one attached hydrogen (secondary N) is 1. The summed E-state index contributed by atoms with van der Waals surface area (Å²) in [7, 11) is 3.38. The van der Waals surface area contributed by atoms with E-state index in [-0.39, 0.29) is 60.5 Å². The van der Waals surface area contributed by atoms with E-state index in [0.717, 1.165) is 65.6 Å². The van der Waals surface area contributed by atoms with Crippen molar-refractivity contribution in [1.29, 1.82) is 0 Å². The molecule has 4 aromatic rings. The molecule has 2 fully saturated rings. The first kappa shape index (κ1) is 46.0. The first-order valence-corrected chi connectivity index (χ1v) is 24.9. The Morgan fingerprint density at radius 2 is 1.78 bits per heavy atom. The molecular formula is C51H59N3O8S2. The number of carbonyl (C=O) groups is 2. The number of rotatable bonds is 6. The number of aliphatic hydroxyl groups excluding tert-OH is 3. The van der Waals surface area contributed by atoms with E-state index < -0.39 is 29.7 Å². The van der Waals surface area contributed by atoms with Crippen LogP contribution in [0.2, 0.25) is 0 Å². The number of hydrogen-bond donors (Lipinski definition) is 8. The van der Waals surface area contributed by atoms with Crippen molar-refractivity contribution < 1.29 is 39.9 Å². The van der Waals surface area contributed by atoms with E-state index in [2.05, 4.69) is 29.0 Å². The van der Waals surface area contributed by atoms with Gasteiger partial charge in [-0.25, -0.2) is 0 Å². The van der Waals surface area contributed by atoms with Crippen molar-refractivity contribution in [3.05, 3.63) is 123 Å². The van der Waals surface area contributed by atoms with Crippen molar-refractivity contribution in [2.75, 3.05) is 19.0 Å². The standard InChI is InChI=1S/C51H59N3O8S2/c52-49(53)40-23-33-3-1-6-43-38(15-19-54-43)46(60)25-41-39(33)24-34(40)28-63-64-30-51-17-13-35(4-2-5-37(57)27-55)50(29-51,26-48(51)61)18-14-36(56)10-7-31-9-12-45(59)47(22-31)62-20-16-32-8-11-44(58)42(41)21-32/h8-9,11-12,14-15,18-19,21-24,35,37,41,48-49,54-55,57-59,61H,2,4-7,10,13,16-17,20,25-30,52-53H2/b18-14+/t35-,37-,41+,48-,50+,51+/m0/s1. The third-order valence-corrected chi connectivity index (χ3v) is 16.7. The van der Waals surface area contributed by atoms with Crippen LogP contribution < -0.4 is 16.2 Å². The summed E-state index contributed by atoms with van der Waals surface area (Å²) in [6.07, 6.45) is 10.0. The monoisotopic (exact) mass is 905 g/mol. The van der Waals surface area contributed by atoms with Gasteiger partial charge in [-0.05, 0) is 121 Å². The van der Waals surface area contributed by atoms with Crippen LogP contribution in [-0.4, -0.2) is 73.3 Å². The largest absolute Gasteiger partial charge is 0.508 e. The lowest BCUT2D eigenvalue weighted by Gasteiger charge is -2.44. The zero-order chi connectivity index (χ0) is 45.0. The Morgan fingerprint density at radius 3 is 2.59 bits per heavy atom. The SMILES string of the molecule is NC(N)c1cc2c3cc1CSSC[C@]14CC[C@H](CCC[C@H](O)CO)[C@](/C=C/C(=O)CCc5ccc(O)c(c5)OCCc5ccc(O)c(c5)[C@@H]3CC(=O)c3cc[nH]c3CC#C2)(C[C@@H]1O)C4. The van der Waals surface area contributed by atoms with Crippen LogP contribution in [0.1, 0.15) is 125 Å². The topological polar surface area (TPSA) is 212 Å². The highest BCUT2D eigenvalue weighted by atomic mass is 33.1. The normalized spacial score (nSPS) is 26.1. The molecule has 0 amide bonds. The Morgan fingerprint density at radius 1 is 0.969 bits per heavy atom. The number of ether oxygens (including phenoxy) is 1. The number of fused-ring (bicyclic) bond motifs is 7. The summed E-state index contributed by atoms with van der Waals surface area (Å²) in [6.45, 7) is -0.0616. The van der Waals surface area contributed by atoms with Crippen molar-refractivity contribution in [3.8, 4) is 29.1 Å². The fourth-order valence-corrected chi connectivity index (χ4v) is 13.4. The molecule has 0 spiro atoms. The number of Topliss-reactive ketones (excluding diaryl/α,β-unsaturated/α-hetero) is 1. The lowest BCUT2D eigenvalue weighted by molar-refractivity contribution is -0.114. The minimum absolute atomic E-state index is 0.0125. The molecule has 2 heterocycles. The Balaban J connectivity index is 1.17. The van der Waals surface area contributed by atoms with E-state index in [9.17, 15) is 35.1 Å². The Kier molecular flexibility index (Phi) is 14.3. The van der Waals surface area contributed by atoms with Crippen LogP contribution >= 0.6 is 21.6 Å². The van der Waals surface area contributed by atoms with Gasteiger partial charge in [0.15, 0.2) is 23.1 Å². The molecule has 3 aromatic carbocycles. The van der Waals surface area contributed by atoms with Crippen LogP contribution in [0.25, 0.3) is 0 Å². The third-order valence-electron chi connectivity index (χ3n) is 14.2. The quantitative estimate of drug-likeness (QED) is 0.0545. The minimum atomic E-state index is -0.801. The van der Waals surface area contributed by atoms with E-state index in [1.165, 1.54) is 0 Å². The number of aromatic amines is 1. The number of aliphatic hydroxyl groups is 3. The van der Waals surface area contributed by atoms with Gasteiger partial charge in [0, 0.05) is 70.7 Å². The molecule has 13 heteroatoms. The van der Waals surface area contributed by atoms with Crippen molar-refractivity contribution in [2.45, 2.75) is 107 Å². The van der Waals surface area contributed by atoms with Crippen molar-refractivity contribution in [2.24, 2.45) is 28.2 Å². The minimum Gasteiger partial charge on any atom is -0.508 e. The first-order valence-electron chi connectivity index (χ1n) is 22.4. The molecule has 11 nitrogen and oxygen atoms in total. The van der Waals surface area contributed by atoms with Gasteiger partial charge in [0.25, 0.3) is 0 Å². The number of allylic oxidation sites excluding steroid dienone is 2. The summed E-state index contributed by atoms with van der Waals surface area (Å²) in [5.74, 6) is 7.76. The van der Waals surface area contributed by atoms with Crippen LogP contribution in [0.5, 0.6) is 17.2 Å². The van der Waals surface area contributed by atoms with Crippen LogP contribution in [0.4, 0.5) is 0 Å². The molecule has 8 bridgehead atoms. The second kappa shape index (κ2) is 19.9. The zero-order valence-corrected chi connectivity index (χ0v) is 37.7. The van der Waals surface area contributed by atoms with Gasteiger partial charge in [-0.2, -0.15) is 0 Å². The maximum atomic E-state index is 14.2. The number of H-pyrrole nitrogens is 1. The number of nitrogens with two attached hydrogens (primary N) is 2. The van der Waals surface area contributed by atoms with E-state index in [4.69, 9.17) is 16.2 Å². The van der Waals surface area contributed by atoms with Gasteiger partial charge >= 0.3 is 0 Å². The maximum Gasteiger partial charge on any atom is 0.165 e. The van der Waals surface area contributed by atoms with Crippen LogP contribution in [0.3, 0.4) is 0 Å². The molecule has 6 atom stereocenters. The van der Waals surface area contributed by atoms with Crippen molar-refractivity contribution >= 4 is 33.2 Å². The molecule has 2 saturated carbocycles. The first-order chi connectivity index (χ1) is 30.9. The summed E-state index contributed by atoms with van der Waals surface area (Å²) in [5, 5.41) is 53.8. The number of ketones is 2. The van der Waals surface area contributed by atoms with E-state index in [1.54, 1.807) is 64.2 Å². The van der Waals surface area contributed by atoms with E-state index in [0.29, 0.717) is 66.0 Å². The van der Waals surface area contributed by atoms with Gasteiger partial charge in [0.2, 0.25) is 0 Å². The van der Waals surface area contributed by atoms with Gasteiger partial charge in [0.05, 0.1) is 38.0 Å². The van der Waals surface area contributed by atoms with Gasteiger partial charge in [0.1, 0.15) is 5.75 Å². The molecule has 338 valence electrons. The number of aromatic hydroxyl groups is 2. The van der Waals surface area contributed by atoms with Crippen molar-refractivity contribution in [1.82, 2.24) is 4.98 Å². The second-order valence-corrected chi connectivity index (χ2v) is 20.8. The summed E-state index contributed by atoms with van der Waals surface area (Å²) >= 11 is 0. The second-order valence-electron chi connectivity index (χ2n) is 18.3. The Hall–Kier alpha value is -4.52. The summed E-state index contributed by atoms with van der Waals surface area (Å²) < 4.78 is 6.13. The van der Waals surface area contributed by atoms with Crippen LogP contribution in [0, 0.1) is 28.6 Å². The van der Waals surface area contributed by atoms with Gasteiger partial charge < -0.3 is 46.7 Å². The molecule has 8 rings (SSSR count). The summed E-state index contributed by atoms with van der Waals surface area (Å²) in [6, 6.07) is 16.3. The highest BCUT2D eigenvalue weighted by Gasteiger charge is 2.58. The maximum absolute atomic E-state index is 14.2. The predicted molar refractivity (Wildman–Crippen MR) is 251 cm³/mol. The summed E-state index contributed by atoms with van der Waals surface area (Å²) in [4.78, 5) is 30.9. The number of hydrogen-bond acceptors (Lipinski definition) is 12. The molecule has 4 aliphatic rings. The molecule has 0 saturated heterocycles. The lowest BCUT2D eigenvalue weighted by Crippen LogP contribution is -2.38. The molecule has 64 heavy (non-hydrogen) atoms. The molecular weight excluding hydrogens is 847 g/mol. The van der Waals surface area contributed by atoms with E-state index >= 15 is 0 Å². The predicted octanol–water partition coefficient (Wildman–Crippen LogP) is 7.29. The molecule has 3 aliphatic carbocycles. The molecule has 0 unspecified atom stereocenters. The average molecular weight is 906 g/mol. The average Bonchev–Trinajstić information content (AvgIpc) is 3.84. The molecule has 0 radical (unpaired) electrons. The van der Waals surface area contributed by atoms with Crippen LogP contribution in [0.15, 0.2) is 72.9 Å². The van der Waals surface area contributed by atoms with Crippen LogP contribution in [-0.2, 0) is 29.8 Å². The highest BCUT2D eigenvalue weighted by molar-refractivity contribution is 8.76. The van der Waals surface area contributed by atoms with Gasteiger partial charge in [-0.3, -0.25) is 9.59 Å². The number of benzene rings is 3. The van der Waals surface area contributed by atoms with E-state index in [1.807, 2.05) is 18.2 Å². The number of aryl methyl sites for hydroxylation is 1. The summed E-state index contributed by atoms with van der Waals surface area (Å²) in [5.41, 5.74) is 18.9. The number of phenolic OH excluding ortho intramolecular Hbond substituents is 2. The number of aromatic nitrogens is 1. The third kappa shape index (κ3) is 9.99. The van der Waals surface area contributed by atoms with Gasteiger partial charge in [-0.15, -0.1) is 0 Å². The number of phenols is 2. The number of carbonyl (C=O) groups excluding carboxylic acids is 2. The van der Waals surface area contributed by atoms with Crippen molar-refractivity contribution in [3.63, 3.8) is 0 Å². The Labute approximate surface area is 382 Å². The fourth-order valence-electron chi connectivity index (χ4n) is 10.6. The lowest BCUT2D eigenvalue weighted by atomic mass is 9.62. The van der Waals surface area contributed by atoms with Gasteiger partial charge in [-0.1, -0.05) is 70.2 Å². The molecule has 10 N–H and O–H groups in total. The smallest absolute Gasteiger partial charge is 0.165 e. The Bertz CT molecular complexity index is 2460.